The highest BCUT2D eigenvalue weighted by Gasteiger charge is 2.21. The first-order chi connectivity index (χ1) is 8.51. The fraction of sp³-hybridized carbons (Fsp3) is 0.500. The average Bonchev–Trinajstić information content (AvgIpc) is 2.34. The molecular weight excluding hydrogens is 252 g/mol. The van der Waals surface area contributed by atoms with Crippen LogP contribution in [0.3, 0.4) is 0 Å². The lowest BCUT2D eigenvalue weighted by Crippen LogP contribution is -2.21. The van der Waals surface area contributed by atoms with Crippen LogP contribution in [-0.2, 0) is 15.9 Å². The molecule has 0 aliphatic rings. The molecule has 1 aromatic carbocycles. The van der Waals surface area contributed by atoms with E-state index in [9.17, 15) is 17.6 Å². The Morgan fingerprint density at radius 1 is 0.944 bits per heavy atom. The minimum Gasteiger partial charge on any atom is -0.353 e. The molecule has 0 atom stereocenters. The lowest BCUT2D eigenvalue weighted by molar-refractivity contribution is -0.134. The van der Waals surface area contributed by atoms with E-state index in [0.717, 1.165) is 0 Å². The van der Waals surface area contributed by atoms with E-state index in [1.165, 1.54) is 0 Å². The van der Waals surface area contributed by atoms with Crippen molar-refractivity contribution in [3.8, 4) is 0 Å². The maximum Gasteiger partial charge on any atom is 0.197 e. The van der Waals surface area contributed by atoms with Crippen molar-refractivity contribution in [2.45, 2.75) is 26.6 Å². The SMILES string of the molecule is CCOC(Cc1cc(F)c(F)c(F)c1F)OCC. The second kappa shape index (κ2) is 6.70. The first kappa shape index (κ1) is 14.9. The minimum absolute atomic E-state index is 0.193. The minimum atomic E-state index is -1.82. The third kappa shape index (κ3) is 3.43. The third-order valence-corrected chi connectivity index (χ3v) is 2.27. The second-order valence-electron chi connectivity index (χ2n) is 3.50. The van der Waals surface area contributed by atoms with Crippen LogP contribution in [0.1, 0.15) is 19.4 Å². The Morgan fingerprint density at radius 2 is 1.50 bits per heavy atom. The Bertz CT molecular complexity index is 404. The summed E-state index contributed by atoms with van der Waals surface area (Å²) in [5.74, 6) is -6.49. The smallest absolute Gasteiger partial charge is 0.197 e. The molecule has 1 rings (SSSR count). The normalized spacial score (nSPS) is 11.3. The first-order valence-corrected chi connectivity index (χ1v) is 5.56. The van der Waals surface area contributed by atoms with E-state index in [4.69, 9.17) is 9.47 Å². The van der Waals surface area contributed by atoms with Gasteiger partial charge in [-0.05, 0) is 25.5 Å². The lowest BCUT2D eigenvalue weighted by Gasteiger charge is -2.17. The van der Waals surface area contributed by atoms with Crippen LogP contribution in [0.4, 0.5) is 17.6 Å². The van der Waals surface area contributed by atoms with Gasteiger partial charge in [0.25, 0.3) is 0 Å². The van der Waals surface area contributed by atoms with Crippen LogP contribution in [0.2, 0.25) is 0 Å². The molecule has 2 nitrogen and oxygen atoms in total. The van der Waals surface area contributed by atoms with Crippen LogP contribution in [0.25, 0.3) is 0 Å². The van der Waals surface area contributed by atoms with Crippen LogP contribution in [0, 0.1) is 23.3 Å². The van der Waals surface area contributed by atoms with E-state index in [-0.39, 0.29) is 12.0 Å². The summed E-state index contributed by atoms with van der Waals surface area (Å²) < 4.78 is 62.4. The van der Waals surface area contributed by atoms with E-state index in [1.54, 1.807) is 13.8 Å². The van der Waals surface area contributed by atoms with Gasteiger partial charge in [0.2, 0.25) is 0 Å². The van der Waals surface area contributed by atoms with Crippen molar-refractivity contribution in [1.82, 2.24) is 0 Å². The summed E-state index contributed by atoms with van der Waals surface area (Å²) in [4.78, 5) is 0. The summed E-state index contributed by atoms with van der Waals surface area (Å²) in [6.45, 7) is 4.01. The average molecular weight is 266 g/mol. The molecule has 0 aromatic heterocycles. The zero-order chi connectivity index (χ0) is 13.7. The maximum atomic E-state index is 13.4. The van der Waals surface area contributed by atoms with Crippen LogP contribution in [0.15, 0.2) is 6.07 Å². The van der Waals surface area contributed by atoms with Crippen LogP contribution >= 0.6 is 0 Å². The summed E-state index contributed by atoms with van der Waals surface area (Å²) in [6, 6.07) is 0.610. The van der Waals surface area contributed by atoms with Crippen LogP contribution in [-0.4, -0.2) is 19.5 Å². The van der Waals surface area contributed by atoms with Crippen molar-refractivity contribution in [3.63, 3.8) is 0 Å². The summed E-state index contributed by atoms with van der Waals surface area (Å²) in [6.07, 6.45) is -1.01. The highest BCUT2D eigenvalue weighted by atomic mass is 19.2. The molecule has 0 spiro atoms. The molecule has 0 aliphatic heterocycles. The van der Waals surface area contributed by atoms with E-state index in [1.807, 2.05) is 0 Å². The van der Waals surface area contributed by atoms with Gasteiger partial charge in [0.05, 0.1) is 0 Å². The standard InChI is InChI=1S/C12H14F4O2/c1-3-17-9(18-4-2)6-7-5-8(13)11(15)12(16)10(7)14/h5,9H,3-4,6H2,1-2H3. The molecule has 0 heterocycles. The van der Waals surface area contributed by atoms with Gasteiger partial charge >= 0.3 is 0 Å². The molecule has 1 aromatic rings. The Hall–Kier alpha value is -1.14. The molecule has 102 valence electrons. The summed E-state index contributed by atoms with van der Waals surface area (Å²) >= 11 is 0. The summed E-state index contributed by atoms with van der Waals surface area (Å²) in [5, 5.41) is 0. The van der Waals surface area contributed by atoms with Gasteiger partial charge in [0.1, 0.15) is 0 Å². The molecular formula is C12H14F4O2. The number of hydrogen-bond acceptors (Lipinski definition) is 2. The van der Waals surface area contributed by atoms with Gasteiger partial charge in [-0.3, -0.25) is 0 Å². The number of rotatable bonds is 6. The zero-order valence-corrected chi connectivity index (χ0v) is 10.1. The molecule has 0 radical (unpaired) electrons. The van der Waals surface area contributed by atoms with Gasteiger partial charge in [-0.1, -0.05) is 0 Å². The van der Waals surface area contributed by atoms with E-state index in [0.29, 0.717) is 19.3 Å². The Balaban J connectivity index is 2.95. The van der Waals surface area contributed by atoms with Crippen molar-refractivity contribution >= 4 is 0 Å². The van der Waals surface area contributed by atoms with Crippen molar-refractivity contribution in [1.29, 1.82) is 0 Å². The predicted octanol–water partition coefficient (Wildman–Crippen LogP) is 3.18. The van der Waals surface area contributed by atoms with Gasteiger partial charge in [-0.15, -0.1) is 0 Å². The lowest BCUT2D eigenvalue weighted by atomic mass is 10.1. The van der Waals surface area contributed by atoms with Crippen molar-refractivity contribution in [3.05, 3.63) is 34.9 Å². The summed E-state index contributed by atoms with van der Waals surface area (Å²) in [7, 11) is 0. The highest BCUT2D eigenvalue weighted by molar-refractivity contribution is 5.22. The maximum absolute atomic E-state index is 13.4. The van der Waals surface area contributed by atoms with Gasteiger partial charge in [-0.25, -0.2) is 17.6 Å². The highest BCUT2D eigenvalue weighted by Crippen LogP contribution is 2.20. The molecule has 0 unspecified atom stereocenters. The van der Waals surface area contributed by atoms with Crippen LogP contribution < -0.4 is 0 Å². The molecule has 0 saturated carbocycles. The quantitative estimate of drug-likeness (QED) is 0.341. The molecule has 0 amide bonds. The predicted molar refractivity (Wildman–Crippen MR) is 57.0 cm³/mol. The molecule has 0 N–H and O–H groups in total. The van der Waals surface area contributed by atoms with E-state index < -0.39 is 29.6 Å². The van der Waals surface area contributed by atoms with Crippen molar-refractivity contribution in [2.24, 2.45) is 0 Å². The number of halogens is 4. The van der Waals surface area contributed by atoms with Crippen molar-refractivity contribution < 1.29 is 27.0 Å². The van der Waals surface area contributed by atoms with Crippen LogP contribution in [0.5, 0.6) is 0 Å². The number of ether oxygens (including phenoxy) is 2. The topological polar surface area (TPSA) is 18.5 Å². The molecule has 0 aliphatic carbocycles. The number of hydrogen-bond donors (Lipinski definition) is 0. The molecule has 6 heteroatoms. The monoisotopic (exact) mass is 266 g/mol. The van der Waals surface area contributed by atoms with Gasteiger partial charge in [0, 0.05) is 19.6 Å². The zero-order valence-electron chi connectivity index (χ0n) is 10.1. The Labute approximate surface area is 103 Å². The van der Waals surface area contributed by atoms with Gasteiger partial charge in [0.15, 0.2) is 29.6 Å². The van der Waals surface area contributed by atoms with Gasteiger partial charge in [-0.2, -0.15) is 0 Å². The third-order valence-electron chi connectivity index (χ3n) is 2.27. The molecule has 0 bridgehead atoms. The van der Waals surface area contributed by atoms with Gasteiger partial charge < -0.3 is 9.47 Å². The van der Waals surface area contributed by atoms with E-state index >= 15 is 0 Å². The molecule has 0 saturated heterocycles. The Morgan fingerprint density at radius 3 is 2.00 bits per heavy atom. The first-order valence-electron chi connectivity index (χ1n) is 5.56. The Kier molecular flexibility index (Phi) is 5.55. The molecule has 18 heavy (non-hydrogen) atoms. The molecule has 0 fully saturated rings. The fourth-order valence-corrected chi connectivity index (χ4v) is 1.49. The second-order valence-corrected chi connectivity index (χ2v) is 3.50. The van der Waals surface area contributed by atoms with Crippen molar-refractivity contribution in [2.75, 3.05) is 13.2 Å². The number of benzene rings is 1. The fourth-order valence-electron chi connectivity index (χ4n) is 1.49. The van der Waals surface area contributed by atoms with E-state index in [2.05, 4.69) is 0 Å². The summed E-state index contributed by atoms with van der Waals surface area (Å²) in [5.41, 5.74) is -0.321. The largest absolute Gasteiger partial charge is 0.353 e.